The quantitative estimate of drug-likeness (QED) is 0.600. The average molecular weight is 336 g/mol. The minimum Gasteiger partial charge on any atom is -0.353 e. The van der Waals surface area contributed by atoms with Gasteiger partial charge in [0, 0.05) is 38.6 Å². The lowest BCUT2D eigenvalue weighted by Crippen LogP contribution is -2.43. The third-order valence-electron chi connectivity index (χ3n) is 3.87. The first-order chi connectivity index (χ1) is 11.1. The number of carbonyl (C=O) groups is 2. The maximum atomic E-state index is 12.1. The van der Waals surface area contributed by atoms with Gasteiger partial charge in [-0.25, -0.2) is 4.98 Å². The lowest BCUT2D eigenvalue weighted by molar-refractivity contribution is -0.133. The molecule has 1 aromatic heterocycles. The summed E-state index contributed by atoms with van der Waals surface area (Å²) in [5, 5.41) is 4.75. The van der Waals surface area contributed by atoms with Crippen LogP contribution in [0.1, 0.15) is 25.0 Å². The molecule has 0 saturated carbocycles. The molecule has 7 heteroatoms. The summed E-state index contributed by atoms with van der Waals surface area (Å²) < 4.78 is 0. The monoisotopic (exact) mass is 336 g/mol. The first-order valence-electron chi connectivity index (χ1n) is 7.87. The Kier molecular flexibility index (Phi) is 6.73. The van der Waals surface area contributed by atoms with Crippen molar-refractivity contribution < 1.29 is 9.59 Å². The molecule has 2 amide bonds. The van der Waals surface area contributed by atoms with E-state index in [0.717, 1.165) is 38.0 Å². The molecule has 2 rings (SSSR count). The van der Waals surface area contributed by atoms with Crippen molar-refractivity contribution in [1.29, 1.82) is 0 Å². The van der Waals surface area contributed by atoms with E-state index < -0.39 is 0 Å². The van der Waals surface area contributed by atoms with Gasteiger partial charge in [-0.2, -0.15) is 0 Å². The summed E-state index contributed by atoms with van der Waals surface area (Å²) in [4.78, 5) is 31.8. The van der Waals surface area contributed by atoms with Crippen molar-refractivity contribution in [2.75, 3.05) is 33.7 Å². The first-order valence-corrected chi connectivity index (χ1v) is 8.81. The van der Waals surface area contributed by atoms with E-state index in [2.05, 4.69) is 15.2 Å². The van der Waals surface area contributed by atoms with Crippen molar-refractivity contribution in [3.63, 3.8) is 0 Å². The van der Waals surface area contributed by atoms with E-state index in [1.54, 1.807) is 30.6 Å². The number of nitrogens with one attached hydrogen (secondary N) is 1. The van der Waals surface area contributed by atoms with Gasteiger partial charge in [-0.05, 0) is 31.9 Å². The van der Waals surface area contributed by atoms with Crippen LogP contribution in [0.4, 0.5) is 0 Å². The van der Waals surface area contributed by atoms with E-state index in [4.69, 9.17) is 0 Å². The standard InChI is InChI=1S/C16H24N4O2S/c1-19(2)16(22)14-5-3-9-20(14)10-4-8-17-15(21)7-6-13-11-23-12-18-13/h6-7,11-12,14H,3-5,8-10H2,1-2H3,(H,17,21)/b7-6+. The minimum atomic E-state index is -0.111. The Hall–Kier alpha value is -1.73. The second-order valence-corrected chi connectivity index (χ2v) is 6.54. The fraction of sp³-hybridized carbons (Fsp3) is 0.562. The van der Waals surface area contributed by atoms with Gasteiger partial charge in [0.15, 0.2) is 0 Å². The van der Waals surface area contributed by atoms with Crippen LogP contribution in [0, 0.1) is 0 Å². The average Bonchev–Trinajstić information content (AvgIpc) is 3.20. The maximum absolute atomic E-state index is 12.1. The van der Waals surface area contributed by atoms with Gasteiger partial charge in [0.05, 0.1) is 17.2 Å². The Morgan fingerprint density at radius 1 is 1.52 bits per heavy atom. The summed E-state index contributed by atoms with van der Waals surface area (Å²) in [7, 11) is 3.60. The van der Waals surface area contributed by atoms with Crippen LogP contribution in [-0.2, 0) is 9.59 Å². The third kappa shape index (κ3) is 5.44. The molecule has 1 atom stereocenters. The van der Waals surface area contributed by atoms with Crippen molar-refractivity contribution in [3.05, 3.63) is 22.7 Å². The SMILES string of the molecule is CN(C)C(=O)C1CCCN1CCCNC(=O)/C=C/c1cscn1. The van der Waals surface area contributed by atoms with Gasteiger partial charge in [0.1, 0.15) is 0 Å². The van der Waals surface area contributed by atoms with Crippen LogP contribution in [0.2, 0.25) is 0 Å². The molecule has 1 unspecified atom stereocenters. The summed E-state index contributed by atoms with van der Waals surface area (Å²) in [5.41, 5.74) is 2.53. The van der Waals surface area contributed by atoms with E-state index in [1.807, 2.05) is 5.38 Å². The molecule has 0 aliphatic carbocycles. The second-order valence-electron chi connectivity index (χ2n) is 5.82. The molecule has 0 radical (unpaired) electrons. The van der Waals surface area contributed by atoms with Crippen molar-refractivity contribution >= 4 is 29.2 Å². The van der Waals surface area contributed by atoms with E-state index in [0.29, 0.717) is 6.54 Å². The van der Waals surface area contributed by atoms with Crippen LogP contribution in [0.3, 0.4) is 0 Å². The Labute approximate surface area is 141 Å². The van der Waals surface area contributed by atoms with Crippen molar-refractivity contribution in [1.82, 2.24) is 20.1 Å². The van der Waals surface area contributed by atoms with Gasteiger partial charge >= 0.3 is 0 Å². The maximum Gasteiger partial charge on any atom is 0.244 e. The largest absolute Gasteiger partial charge is 0.353 e. The fourth-order valence-corrected chi connectivity index (χ4v) is 3.21. The minimum absolute atomic E-state index is 0.00487. The number of nitrogens with zero attached hydrogens (tertiary/aromatic N) is 3. The van der Waals surface area contributed by atoms with Crippen LogP contribution in [0.15, 0.2) is 17.0 Å². The van der Waals surface area contributed by atoms with Crippen LogP contribution >= 0.6 is 11.3 Å². The zero-order valence-electron chi connectivity index (χ0n) is 13.7. The number of thiazole rings is 1. The summed E-state index contributed by atoms with van der Waals surface area (Å²) in [6.07, 6.45) is 6.04. The summed E-state index contributed by atoms with van der Waals surface area (Å²) in [5.74, 6) is 0.0677. The lowest BCUT2D eigenvalue weighted by atomic mass is 10.2. The van der Waals surface area contributed by atoms with Gasteiger partial charge < -0.3 is 10.2 Å². The molecule has 0 aromatic carbocycles. The van der Waals surface area contributed by atoms with Crippen LogP contribution in [0.25, 0.3) is 6.08 Å². The smallest absolute Gasteiger partial charge is 0.244 e. The molecule has 1 aromatic rings. The van der Waals surface area contributed by atoms with E-state index in [1.165, 1.54) is 17.4 Å². The number of hydrogen-bond acceptors (Lipinski definition) is 5. The number of carbonyl (C=O) groups excluding carboxylic acids is 2. The van der Waals surface area contributed by atoms with Crippen molar-refractivity contribution in [2.45, 2.75) is 25.3 Å². The van der Waals surface area contributed by atoms with Crippen molar-refractivity contribution in [3.8, 4) is 0 Å². The van der Waals surface area contributed by atoms with E-state index in [9.17, 15) is 9.59 Å². The highest BCUT2D eigenvalue weighted by molar-refractivity contribution is 7.07. The predicted octanol–water partition coefficient (Wildman–Crippen LogP) is 1.22. The van der Waals surface area contributed by atoms with E-state index >= 15 is 0 Å². The predicted molar refractivity (Wildman–Crippen MR) is 92.1 cm³/mol. The third-order valence-corrected chi connectivity index (χ3v) is 4.47. The Morgan fingerprint density at radius 2 is 2.35 bits per heavy atom. The highest BCUT2D eigenvalue weighted by Gasteiger charge is 2.30. The zero-order chi connectivity index (χ0) is 16.7. The normalized spacial score (nSPS) is 18.4. The number of amides is 2. The highest BCUT2D eigenvalue weighted by atomic mass is 32.1. The molecule has 126 valence electrons. The van der Waals surface area contributed by atoms with Gasteiger partial charge in [-0.3, -0.25) is 14.5 Å². The van der Waals surface area contributed by atoms with Gasteiger partial charge in [-0.1, -0.05) is 0 Å². The van der Waals surface area contributed by atoms with Gasteiger partial charge in [0.2, 0.25) is 11.8 Å². The lowest BCUT2D eigenvalue weighted by Gasteiger charge is -2.25. The van der Waals surface area contributed by atoms with Gasteiger partial charge in [-0.15, -0.1) is 11.3 Å². The molecule has 6 nitrogen and oxygen atoms in total. The molecule has 0 bridgehead atoms. The number of rotatable bonds is 7. The number of likely N-dealkylation sites (tertiary alicyclic amines) is 1. The molecule has 1 fully saturated rings. The molecular formula is C16H24N4O2S. The topological polar surface area (TPSA) is 65.5 Å². The van der Waals surface area contributed by atoms with Crippen molar-refractivity contribution in [2.24, 2.45) is 0 Å². The summed E-state index contributed by atoms with van der Waals surface area (Å²) >= 11 is 1.50. The van der Waals surface area contributed by atoms with E-state index in [-0.39, 0.29) is 17.9 Å². The second kappa shape index (κ2) is 8.79. The van der Waals surface area contributed by atoms with Crippen LogP contribution < -0.4 is 5.32 Å². The zero-order valence-corrected chi connectivity index (χ0v) is 14.5. The molecule has 1 N–H and O–H groups in total. The Morgan fingerprint density at radius 3 is 3.04 bits per heavy atom. The first kappa shape index (κ1) is 17.6. The molecule has 23 heavy (non-hydrogen) atoms. The molecule has 0 spiro atoms. The molecule has 1 aliphatic heterocycles. The van der Waals surface area contributed by atoms with Gasteiger partial charge in [0.25, 0.3) is 0 Å². The molecule has 2 heterocycles. The number of likely N-dealkylation sites (N-methyl/N-ethyl adjacent to an activating group) is 1. The van der Waals surface area contributed by atoms with Crippen LogP contribution in [-0.4, -0.2) is 66.4 Å². The fourth-order valence-electron chi connectivity index (χ4n) is 2.69. The summed E-state index contributed by atoms with van der Waals surface area (Å²) in [6.45, 7) is 2.40. The summed E-state index contributed by atoms with van der Waals surface area (Å²) in [6, 6.07) is 0.00487. The molecule has 1 aliphatic rings. The number of aromatic nitrogens is 1. The molecule has 1 saturated heterocycles. The Balaban J connectivity index is 1.66. The Bertz CT molecular complexity index is 542. The molecular weight excluding hydrogens is 312 g/mol. The highest BCUT2D eigenvalue weighted by Crippen LogP contribution is 2.18. The van der Waals surface area contributed by atoms with Crippen LogP contribution in [0.5, 0.6) is 0 Å². The number of hydrogen-bond donors (Lipinski definition) is 1.